The summed E-state index contributed by atoms with van der Waals surface area (Å²) < 4.78 is 16.2. The minimum absolute atomic E-state index is 0.570. The van der Waals surface area contributed by atoms with Crippen LogP contribution in [-0.4, -0.2) is 36.3 Å². The lowest BCUT2D eigenvalue weighted by atomic mass is 10.2. The Morgan fingerprint density at radius 1 is 0.828 bits per heavy atom. The average molecular weight is 388 g/mol. The summed E-state index contributed by atoms with van der Waals surface area (Å²) in [6.07, 6.45) is 3.45. The van der Waals surface area contributed by atoms with E-state index in [9.17, 15) is 0 Å². The lowest BCUT2D eigenvalue weighted by Gasteiger charge is -2.15. The number of hydrogen-bond acceptors (Lipinski definition) is 7. The Bertz CT molecular complexity index is 1150. The maximum absolute atomic E-state index is 5.49. The van der Waals surface area contributed by atoms with Crippen LogP contribution in [0.15, 0.2) is 60.9 Å². The number of hydrogen-bond donors (Lipinski definition) is 1. The van der Waals surface area contributed by atoms with Crippen molar-refractivity contribution in [1.29, 1.82) is 0 Å². The molecule has 0 aliphatic rings. The first-order valence-corrected chi connectivity index (χ1v) is 8.97. The van der Waals surface area contributed by atoms with Gasteiger partial charge in [0.2, 0.25) is 0 Å². The standard InChI is InChI=1S/C22H20N4O3/c1-27-15-6-8-18-17(11-15)22(26-21(24-18)14-5-4-10-23-13-14)25-19-12-16(28-2)7-9-20(19)29-3/h4-13H,1-3H3,(H,24,25,26). The zero-order chi connectivity index (χ0) is 20.2. The second-order valence-electron chi connectivity index (χ2n) is 6.21. The molecular weight excluding hydrogens is 368 g/mol. The Hall–Kier alpha value is -3.87. The van der Waals surface area contributed by atoms with Crippen LogP contribution in [0.2, 0.25) is 0 Å². The first-order valence-electron chi connectivity index (χ1n) is 8.97. The zero-order valence-electron chi connectivity index (χ0n) is 16.3. The molecule has 4 rings (SSSR count). The Kier molecular flexibility index (Phi) is 5.11. The van der Waals surface area contributed by atoms with Crippen LogP contribution in [0.3, 0.4) is 0 Å². The molecule has 0 unspecified atom stereocenters. The number of rotatable bonds is 6. The molecule has 2 aromatic carbocycles. The highest BCUT2D eigenvalue weighted by molar-refractivity contribution is 5.93. The molecule has 7 heteroatoms. The third-order valence-electron chi connectivity index (χ3n) is 4.48. The first-order chi connectivity index (χ1) is 14.2. The molecule has 0 aliphatic carbocycles. The lowest BCUT2D eigenvalue weighted by molar-refractivity contribution is 0.405. The lowest BCUT2D eigenvalue weighted by Crippen LogP contribution is -2.01. The number of ether oxygens (including phenoxy) is 3. The topological polar surface area (TPSA) is 78.4 Å². The van der Waals surface area contributed by atoms with Gasteiger partial charge < -0.3 is 19.5 Å². The largest absolute Gasteiger partial charge is 0.497 e. The quantitative estimate of drug-likeness (QED) is 0.522. The summed E-state index contributed by atoms with van der Waals surface area (Å²) in [6, 6.07) is 15.0. The van der Waals surface area contributed by atoms with Gasteiger partial charge in [0.1, 0.15) is 23.1 Å². The second kappa shape index (κ2) is 8.02. The van der Waals surface area contributed by atoms with Gasteiger partial charge in [0.15, 0.2) is 5.82 Å². The summed E-state index contributed by atoms with van der Waals surface area (Å²) in [7, 11) is 4.87. The van der Waals surface area contributed by atoms with Crippen molar-refractivity contribution in [2.45, 2.75) is 0 Å². The highest BCUT2D eigenvalue weighted by atomic mass is 16.5. The van der Waals surface area contributed by atoms with Gasteiger partial charge in [-0.15, -0.1) is 0 Å². The van der Waals surface area contributed by atoms with Crippen molar-refractivity contribution < 1.29 is 14.2 Å². The minimum atomic E-state index is 0.570. The van der Waals surface area contributed by atoms with E-state index in [0.29, 0.717) is 23.1 Å². The van der Waals surface area contributed by atoms with Crippen LogP contribution in [0.5, 0.6) is 17.2 Å². The maximum Gasteiger partial charge on any atom is 0.163 e. The van der Waals surface area contributed by atoms with Crippen molar-refractivity contribution >= 4 is 22.4 Å². The summed E-state index contributed by atoms with van der Waals surface area (Å²) in [5.74, 6) is 3.29. The van der Waals surface area contributed by atoms with Crippen LogP contribution >= 0.6 is 0 Å². The van der Waals surface area contributed by atoms with E-state index in [4.69, 9.17) is 24.2 Å². The first kappa shape index (κ1) is 18.5. The van der Waals surface area contributed by atoms with Crippen molar-refractivity contribution in [3.63, 3.8) is 0 Å². The molecule has 7 nitrogen and oxygen atoms in total. The molecule has 2 heterocycles. The van der Waals surface area contributed by atoms with E-state index in [1.54, 1.807) is 33.7 Å². The van der Waals surface area contributed by atoms with E-state index in [-0.39, 0.29) is 0 Å². The molecule has 0 radical (unpaired) electrons. The summed E-state index contributed by atoms with van der Waals surface area (Å²) in [4.78, 5) is 13.6. The zero-order valence-corrected chi connectivity index (χ0v) is 16.3. The van der Waals surface area contributed by atoms with Gasteiger partial charge in [0.05, 0.1) is 32.5 Å². The minimum Gasteiger partial charge on any atom is -0.497 e. The number of fused-ring (bicyclic) bond motifs is 1. The van der Waals surface area contributed by atoms with E-state index in [1.807, 2.05) is 48.5 Å². The number of aromatic nitrogens is 3. The van der Waals surface area contributed by atoms with Crippen molar-refractivity contribution in [2.24, 2.45) is 0 Å². The summed E-state index contributed by atoms with van der Waals surface area (Å²) >= 11 is 0. The van der Waals surface area contributed by atoms with Crippen LogP contribution in [0.4, 0.5) is 11.5 Å². The van der Waals surface area contributed by atoms with Gasteiger partial charge in [-0.25, -0.2) is 9.97 Å². The molecule has 0 atom stereocenters. The van der Waals surface area contributed by atoms with Crippen LogP contribution in [0.1, 0.15) is 0 Å². The van der Waals surface area contributed by atoms with Crippen molar-refractivity contribution in [1.82, 2.24) is 15.0 Å². The molecule has 0 fully saturated rings. The number of pyridine rings is 1. The monoisotopic (exact) mass is 388 g/mol. The van der Waals surface area contributed by atoms with Gasteiger partial charge >= 0.3 is 0 Å². The molecule has 29 heavy (non-hydrogen) atoms. The van der Waals surface area contributed by atoms with Gasteiger partial charge in [-0.05, 0) is 42.5 Å². The molecule has 0 aliphatic heterocycles. The Labute approximate surface area is 168 Å². The summed E-state index contributed by atoms with van der Waals surface area (Å²) in [5, 5.41) is 4.19. The van der Waals surface area contributed by atoms with Crippen LogP contribution in [0, 0.1) is 0 Å². The number of benzene rings is 2. The number of nitrogens with one attached hydrogen (secondary N) is 1. The van der Waals surface area contributed by atoms with Crippen molar-refractivity contribution in [2.75, 3.05) is 26.6 Å². The average Bonchev–Trinajstić information content (AvgIpc) is 2.79. The van der Waals surface area contributed by atoms with E-state index in [0.717, 1.165) is 27.9 Å². The number of anilines is 2. The number of nitrogens with zero attached hydrogens (tertiary/aromatic N) is 3. The molecular formula is C22H20N4O3. The summed E-state index contributed by atoms with van der Waals surface area (Å²) in [6.45, 7) is 0. The highest BCUT2D eigenvalue weighted by Gasteiger charge is 2.13. The van der Waals surface area contributed by atoms with Crippen molar-refractivity contribution in [3.05, 3.63) is 60.9 Å². The van der Waals surface area contributed by atoms with Gasteiger partial charge in [-0.2, -0.15) is 0 Å². The fourth-order valence-corrected chi connectivity index (χ4v) is 2.99. The van der Waals surface area contributed by atoms with Crippen LogP contribution < -0.4 is 19.5 Å². The highest BCUT2D eigenvalue weighted by Crippen LogP contribution is 2.35. The van der Waals surface area contributed by atoms with E-state index in [1.165, 1.54) is 0 Å². The number of methoxy groups -OCH3 is 3. The van der Waals surface area contributed by atoms with Gasteiger partial charge in [0, 0.05) is 29.4 Å². The molecule has 0 spiro atoms. The molecule has 0 saturated heterocycles. The van der Waals surface area contributed by atoms with E-state index < -0.39 is 0 Å². The summed E-state index contributed by atoms with van der Waals surface area (Å²) in [5.41, 5.74) is 2.33. The molecule has 0 saturated carbocycles. The SMILES string of the molecule is COc1ccc(OC)c(Nc2nc(-c3cccnc3)nc3ccc(OC)cc23)c1. The fourth-order valence-electron chi connectivity index (χ4n) is 2.99. The Morgan fingerprint density at radius 3 is 2.34 bits per heavy atom. The third-order valence-corrected chi connectivity index (χ3v) is 4.48. The predicted octanol–water partition coefficient (Wildman–Crippen LogP) is 4.46. The molecule has 1 N–H and O–H groups in total. The molecule has 0 amide bonds. The fraction of sp³-hybridized carbons (Fsp3) is 0.136. The van der Waals surface area contributed by atoms with Gasteiger partial charge in [0.25, 0.3) is 0 Å². The maximum atomic E-state index is 5.49. The van der Waals surface area contributed by atoms with Crippen molar-refractivity contribution in [3.8, 4) is 28.6 Å². The van der Waals surface area contributed by atoms with Crippen LogP contribution in [-0.2, 0) is 0 Å². The third kappa shape index (κ3) is 3.75. The normalized spacial score (nSPS) is 10.6. The second-order valence-corrected chi connectivity index (χ2v) is 6.21. The Morgan fingerprint density at radius 2 is 1.62 bits per heavy atom. The molecule has 0 bridgehead atoms. The van der Waals surface area contributed by atoms with Crippen LogP contribution in [0.25, 0.3) is 22.3 Å². The molecule has 2 aromatic heterocycles. The predicted molar refractivity (Wildman–Crippen MR) is 112 cm³/mol. The van der Waals surface area contributed by atoms with Gasteiger partial charge in [-0.3, -0.25) is 4.98 Å². The molecule has 4 aromatic rings. The smallest absolute Gasteiger partial charge is 0.163 e. The Balaban J connectivity index is 1.89. The van der Waals surface area contributed by atoms with E-state index in [2.05, 4.69) is 10.3 Å². The van der Waals surface area contributed by atoms with E-state index >= 15 is 0 Å². The molecule has 146 valence electrons. The van der Waals surface area contributed by atoms with Gasteiger partial charge in [-0.1, -0.05) is 0 Å².